The second-order valence-electron chi connectivity index (χ2n) is 7.25. The van der Waals surface area contributed by atoms with Crippen LogP contribution in [0.25, 0.3) is 0 Å². The molecule has 0 spiro atoms. The van der Waals surface area contributed by atoms with E-state index in [1.54, 1.807) is 4.90 Å². The average molecular weight is 379 g/mol. The first kappa shape index (κ1) is 18.5. The molecule has 146 valence electrons. The van der Waals surface area contributed by atoms with Crippen molar-refractivity contribution in [2.75, 3.05) is 30.0 Å². The number of hydrogen-bond acceptors (Lipinski definition) is 4. The minimum absolute atomic E-state index is 0.0463. The number of ether oxygens (including phenoxy) is 1. The highest BCUT2D eigenvalue weighted by Gasteiger charge is 2.39. The molecule has 2 aromatic carbocycles. The fraction of sp³-hybridized carbons (Fsp3) is 0.364. The second-order valence-corrected chi connectivity index (χ2v) is 7.25. The summed E-state index contributed by atoms with van der Waals surface area (Å²) in [7, 11) is 1.40. The van der Waals surface area contributed by atoms with Crippen molar-refractivity contribution in [3.8, 4) is 0 Å². The van der Waals surface area contributed by atoms with Crippen LogP contribution in [0.15, 0.2) is 48.5 Å². The first-order valence-electron chi connectivity index (χ1n) is 9.72. The molecule has 1 unspecified atom stereocenters. The number of urea groups is 1. The van der Waals surface area contributed by atoms with Crippen LogP contribution in [0.5, 0.6) is 0 Å². The summed E-state index contributed by atoms with van der Waals surface area (Å²) in [4.78, 5) is 28.7. The molecule has 28 heavy (non-hydrogen) atoms. The Labute approximate surface area is 165 Å². The summed E-state index contributed by atoms with van der Waals surface area (Å²) in [5.41, 5.74) is 4.35. The number of esters is 1. The van der Waals surface area contributed by atoms with E-state index in [4.69, 9.17) is 4.74 Å². The van der Waals surface area contributed by atoms with E-state index in [2.05, 4.69) is 17.4 Å². The van der Waals surface area contributed by atoms with Gasteiger partial charge in [0.1, 0.15) is 0 Å². The molecule has 1 saturated heterocycles. The van der Waals surface area contributed by atoms with Crippen molar-refractivity contribution in [2.45, 2.75) is 31.8 Å². The number of amides is 2. The molecule has 0 saturated carbocycles. The summed E-state index contributed by atoms with van der Waals surface area (Å²) in [6, 6.07) is 15.8. The van der Waals surface area contributed by atoms with Crippen LogP contribution in [-0.2, 0) is 22.5 Å². The number of para-hydroxylation sites is 1. The normalized spacial score (nSPS) is 18.9. The van der Waals surface area contributed by atoms with E-state index in [9.17, 15) is 9.59 Å². The van der Waals surface area contributed by atoms with E-state index in [0.29, 0.717) is 19.4 Å². The highest BCUT2D eigenvalue weighted by Crippen LogP contribution is 2.32. The molecule has 1 N–H and O–H groups in total. The van der Waals surface area contributed by atoms with Crippen molar-refractivity contribution in [2.24, 2.45) is 0 Å². The van der Waals surface area contributed by atoms with Gasteiger partial charge in [-0.3, -0.25) is 14.6 Å². The molecule has 6 heteroatoms. The monoisotopic (exact) mass is 379 g/mol. The molecule has 2 amide bonds. The number of benzene rings is 2. The van der Waals surface area contributed by atoms with Gasteiger partial charge < -0.3 is 10.1 Å². The van der Waals surface area contributed by atoms with Crippen LogP contribution in [0.1, 0.15) is 24.0 Å². The maximum atomic E-state index is 13.3. The van der Waals surface area contributed by atoms with Crippen molar-refractivity contribution in [1.82, 2.24) is 5.32 Å². The summed E-state index contributed by atoms with van der Waals surface area (Å²) in [6.07, 6.45) is 1.82. The molecule has 2 aliphatic rings. The van der Waals surface area contributed by atoms with Crippen molar-refractivity contribution < 1.29 is 14.3 Å². The van der Waals surface area contributed by atoms with Crippen molar-refractivity contribution in [1.29, 1.82) is 0 Å². The number of anilines is 2. The van der Waals surface area contributed by atoms with E-state index in [0.717, 1.165) is 30.9 Å². The third kappa shape index (κ3) is 3.60. The van der Waals surface area contributed by atoms with E-state index in [1.165, 1.54) is 18.2 Å². The number of rotatable bonds is 5. The van der Waals surface area contributed by atoms with E-state index in [1.807, 2.05) is 41.3 Å². The SMILES string of the molecule is COC(=O)CCC1CN(c2ccccc2)C(=O)N1c1ccc2c(c1)CCNC2. The lowest BCUT2D eigenvalue weighted by Crippen LogP contribution is -2.35. The second kappa shape index (κ2) is 8.02. The van der Waals surface area contributed by atoms with Gasteiger partial charge in [-0.15, -0.1) is 0 Å². The lowest BCUT2D eigenvalue weighted by molar-refractivity contribution is -0.140. The van der Waals surface area contributed by atoms with Gasteiger partial charge in [-0.05, 0) is 54.8 Å². The molecule has 1 atom stereocenters. The molecule has 0 radical (unpaired) electrons. The van der Waals surface area contributed by atoms with Crippen LogP contribution in [0.3, 0.4) is 0 Å². The van der Waals surface area contributed by atoms with Gasteiger partial charge in [-0.1, -0.05) is 24.3 Å². The third-order valence-corrected chi connectivity index (χ3v) is 5.53. The summed E-state index contributed by atoms with van der Waals surface area (Å²) in [6.45, 7) is 2.37. The zero-order valence-corrected chi connectivity index (χ0v) is 16.1. The Morgan fingerprint density at radius 2 is 1.96 bits per heavy atom. The predicted octanol–water partition coefficient (Wildman–Crippen LogP) is 3.10. The maximum absolute atomic E-state index is 13.3. The Hall–Kier alpha value is -2.86. The molecule has 0 bridgehead atoms. The minimum atomic E-state index is -0.248. The standard InChI is InChI=1S/C22H25N3O3/c1-28-21(26)10-9-20-15-24(18-5-3-2-4-6-18)22(27)25(20)19-8-7-17-14-23-12-11-16(17)13-19/h2-8,13,20,23H,9-12,14-15H2,1H3. The number of carbonyl (C=O) groups is 2. The van der Waals surface area contributed by atoms with Crippen molar-refractivity contribution in [3.05, 3.63) is 59.7 Å². The molecular weight excluding hydrogens is 354 g/mol. The molecule has 2 aromatic rings. The number of methoxy groups -OCH3 is 1. The lowest BCUT2D eigenvalue weighted by atomic mass is 9.99. The minimum Gasteiger partial charge on any atom is -0.469 e. The fourth-order valence-corrected chi connectivity index (χ4v) is 4.02. The number of fused-ring (bicyclic) bond motifs is 1. The van der Waals surface area contributed by atoms with Crippen molar-refractivity contribution in [3.63, 3.8) is 0 Å². The van der Waals surface area contributed by atoms with Gasteiger partial charge in [-0.25, -0.2) is 4.79 Å². The van der Waals surface area contributed by atoms with E-state index < -0.39 is 0 Å². The molecular formula is C22H25N3O3. The smallest absolute Gasteiger partial charge is 0.329 e. The van der Waals surface area contributed by atoms with Gasteiger partial charge in [0.05, 0.1) is 13.2 Å². The molecule has 0 aliphatic carbocycles. The summed E-state index contributed by atoms with van der Waals surface area (Å²) in [5, 5.41) is 3.38. The molecule has 6 nitrogen and oxygen atoms in total. The van der Waals surface area contributed by atoms with Gasteiger partial charge in [0.25, 0.3) is 0 Å². The van der Waals surface area contributed by atoms with Crippen LogP contribution in [-0.4, -0.2) is 38.2 Å². The number of nitrogens with one attached hydrogen (secondary N) is 1. The summed E-state index contributed by atoms with van der Waals surface area (Å²) < 4.78 is 4.80. The van der Waals surface area contributed by atoms with Gasteiger partial charge in [0.15, 0.2) is 0 Å². The zero-order valence-electron chi connectivity index (χ0n) is 16.1. The van der Waals surface area contributed by atoms with Crippen molar-refractivity contribution >= 4 is 23.4 Å². The van der Waals surface area contributed by atoms with Gasteiger partial charge in [-0.2, -0.15) is 0 Å². The summed E-state index contributed by atoms with van der Waals surface area (Å²) >= 11 is 0. The maximum Gasteiger partial charge on any atom is 0.329 e. The topological polar surface area (TPSA) is 61.9 Å². The van der Waals surface area contributed by atoms with E-state index >= 15 is 0 Å². The molecule has 2 heterocycles. The quantitative estimate of drug-likeness (QED) is 0.811. The Kier molecular flexibility index (Phi) is 5.30. The highest BCUT2D eigenvalue weighted by molar-refractivity contribution is 6.07. The van der Waals surface area contributed by atoms with E-state index in [-0.39, 0.29) is 18.0 Å². The highest BCUT2D eigenvalue weighted by atomic mass is 16.5. The molecule has 4 rings (SSSR count). The summed E-state index contributed by atoms with van der Waals surface area (Å²) in [5.74, 6) is -0.248. The Morgan fingerprint density at radius 1 is 1.14 bits per heavy atom. The molecule has 0 aromatic heterocycles. The van der Waals surface area contributed by atoms with Crippen LogP contribution >= 0.6 is 0 Å². The van der Waals surface area contributed by atoms with Gasteiger partial charge >= 0.3 is 12.0 Å². The third-order valence-electron chi connectivity index (χ3n) is 5.53. The fourth-order valence-electron chi connectivity index (χ4n) is 4.02. The van der Waals surface area contributed by atoms with Crippen LogP contribution in [0.4, 0.5) is 16.2 Å². The zero-order chi connectivity index (χ0) is 19.5. The predicted molar refractivity (Wildman–Crippen MR) is 109 cm³/mol. The average Bonchev–Trinajstić information content (AvgIpc) is 3.08. The van der Waals surface area contributed by atoms with Gasteiger partial charge in [0.2, 0.25) is 0 Å². The number of carbonyl (C=O) groups excluding carboxylic acids is 2. The van der Waals surface area contributed by atoms with Crippen LogP contribution < -0.4 is 15.1 Å². The first-order chi connectivity index (χ1) is 13.7. The largest absolute Gasteiger partial charge is 0.469 e. The lowest BCUT2D eigenvalue weighted by Gasteiger charge is -2.25. The van der Waals surface area contributed by atoms with Gasteiger partial charge in [0, 0.05) is 30.9 Å². The first-order valence-corrected chi connectivity index (χ1v) is 9.72. The van der Waals surface area contributed by atoms with Crippen LogP contribution in [0.2, 0.25) is 0 Å². The number of hydrogen-bond donors (Lipinski definition) is 1. The molecule has 1 fully saturated rings. The Balaban J connectivity index is 1.64. The number of nitrogens with zero attached hydrogens (tertiary/aromatic N) is 2. The van der Waals surface area contributed by atoms with Crippen LogP contribution in [0, 0.1) is 0 Å². The molecule has 2 aliphatic heterocycles. The Morgan fingerprint density at radius 3 is 2.75 bits per heavy atom. The Bertz CT molecular complexity index is 869.